The third-order valence-electron chi connectivity index (χ3n) is 2.37. The van der Waals surface area contributed by atoms with Crippen LogP contribution in [0.25, 0.3) is 5.69 Å². The third-order valence-corrected chi connectivity index (χ3v) is 3.50. The molecule has 16 heavy (non-hydrogen) atoms. The number of benzene rings is 1. The lowest BCUT2D eigenvalue weighted by atomic mass is 10.3. The largest absolute Gasteiger partial charge is 0.304 e. The fourth-order valence-corrected chi connectivity index (χ4v) is 2.14. The Balaban J connectivity index is 2.45. The van der Waals surface area contributed by atoms with Crippen LogP contribution in [-0.2, 0) is 9.84 Å². The van der Waals surface area contributed by atoms with Gasteiger partial charge in [-0.1, -0.05) is 0 Å². The third kappa shape index (κ3) is 1.99. The molecule has 1 aromatic carbocycles. The summed E-state index contributed by atoms with van der Waals surface area (Å²) in [6, 6.07) is 6.74. The minimum atomic E-state index is -3.12. The highest BCUT2D eigenvalue weighted by Crippen LogP contribution is 2.14. The van der Waals surface area contributed by atoms with Gasteiger partial charge in [-0.25, -0.2) is 13.4 Å². The summed E-state index contributed by atoms with van der Waals surface area (Å²) in [6.45, 7) is 1.89. The van der Waals surface area contributed by atoms with Gasteiger partial charge >= 0.3 is 0 Å². The van der Waals surface area contributed by atoms with Crippen molar-refractivity contribution in [2.45, 2.75) is 11.8 Å². The number of nitrogens with zero attached hydrogens (tertiary/aromatic N) is 2. The summed E-state index contributed by atoms with van der Waals surface area (Å²) in [5, 5.41) is 0. The molecule has 0 saturated heterocycles. The number of hydrogen-bond donors (Lipinski definition) is 0. The molecule has 0 radical (unpaired) electrons. The van der Waals surface area contributed by atoms with Crippen molar-refractivity contribution >= 4 is 9.84 Å². The maximum Gasteiger partial charge on any atom is 0.175 e. The van der Waals surface area contributed by atoms with Gasteiger partial charge in [0.05, 0.1) is 4.90 Å². The van der Waals surface area contributed by atoms with Crippen LogP contribution in [0.2, 0.25) is 0 Å². The number of sulfone groups is 1. The Morgan fingerprint density at radius 1 is 1.19 bits per heavy atom. The van der Waals surface area contributed by atoms with Gasteiger partial charge in [0.2, 0.25) is 0 Å². The highest BCUT2D eigenvalue weighted by atomic mass is 32.2. The summed E-state index contributed by atoms with van der Waals surface area (Å²) in [5.41, 5.74) is 0.905. The van der Waals surface area contributed by atoms with Crippen LogP contribution in [0.3, 0.4) is 0 Å². The number of aromatic nitrogens is 2. The topological polar surface area (TPSA) is 52.0 Å². The summed E-state index contributed by atoms with van der Waals surface area (Å²) < 4.78 is 24.5. The lowest BCUT2D eigenvalue weighted by Gasteiger charge is -2.05. The minimum absolute atomic E-state index is 0.328. The fraction of sp³-hybridized carbons (Fsp3) is 0.182. The number of imidazole rings is 1. The summed E-state index contributed by atoms with van der Waals surface area (Å²) in [6.07, 6.45) is 4.75. The fourth-order valence-electron chi connectivity index (χ4n) is 1.50. The second kappa shape index (κ2) is 3.75. The Morgan fingerprint density at radius 2 is 1.81 bits per heavy atom. The summed E-state index contributed by atoms with van der Waals surface area (Å²) in [5.74, 6) is 0.868. The first-order valence-electron chi connectivity index (χ1n) is 4.79. The van der Waals surface area contributed by atoms with Crippen LogP contribution in [0.15, 0.2) is 41.6 Å². The van der Waals surface area contributed by atoms with E-state index in [1.165, 1.54) is 6.26 Å². The second-order valence-corrected chi connectivity index (χ2v) is 5.63. The first kappa shape index (κ1) is 10.9. The van der Waals surface area contributed by atoms with E-state index in [0.29, 0.717) is 4.90 Å². The van der Waals surface area contributed by atoms with E-state index in [0.717, 1.165) is 11.5 Å². The van der Waals surface area contributed by atoms with E-state index in [2.05, 4.69) is 4.98 Å². The molecule has 2 aromatic rings. The van der Waals surface area contributed by atoms with Crippen molar-refractivity contribution in [1.29, 1.82) is 0 Å². The Hall–Kier alpha value is -1.62. The van der Waals surface area contributed by atoms with Crippen molar-refractivity contribution in [3.63, 3.8) is 0 Å². The molecule has 2 rings (SSSR count). The van der Waals surface area contributed by atoms with Crippen LogP contribution in [0.5, 0.6) is 0 Å². The summed E-state index contributed by atoms with van der Waals surface area (Å²) in [7, 11) is -3.12. The lowest BCUT2D eigenvalue weighted by molar-refractivity contribution is 0.602. The van der Waals surface area contributed by atoms with Crippen LogP contribution < -0.4 is 0 Å². The molecule has 0 atom stereocenters. The highest BCUT2D eigenvalue weighted by Gasteiger charge is 2.07. The van der Waals surface area contributed by atoms with Gasteiger partial charge in [0, 0.05) is 24.3 Å². The van der Waals surface area contributed by atoms with Gasteiger partial charge in [-0.05, 0) is 31.2 Å². The molecule has 84 valence electrons. The van der Waals surface area contributed by atoms with Crippen molar-refractivity contribution in [1.82, 2.24) is 9.55 Å². The number of aryl methyl sites for hydroxylation is 1. The molecule has 5 heteroatoms. The second-order valence-electron chi connectivity index (χ2n) is 3.61. The Morgan fingerprint density at radius 3 is 2.25 bits per heavy atom. The van der Waals surface area contributed by atoms with Gasteiger partial charge in [0.15, 0.2) is 9.84 Å². The molecule has 1 aromatic heterocycles. The first-order valence-corrected chi connectivity index (χ1v) is 6.68. The van der Waals surface area contributed by atoms with Gasteiger partial charge in [-0.2, -0.15) is 0 Å². The molecule has 0 aliphatic heterocycles. The van der Waals surface area contributed by atoms with Crippen LogP contribution in [0.1, 0.15) is 5.82 Å². The standard InChI is InChI=1S/C11H12N2O2S/c1-9-12-7-8-13(9)10-3-5-11(6-4-10)16(2,14)15/h3-8H,1-2H3. The zero-order chi connectivity index (χ0) is 11.8. The number of rotatable bonds is 2. The zero-order valence-corrected chi connectivity index (χ0v) is 9.90. The van der Waals surface area contributed by atoms with E-state index in [9.17, 15) is 8.42 Å². The quantitative estimate of drug-likeness (QED) is 0.795. The van der Waals surface area contributed by atoms with Gasteiger partial charge in [-0.3, -0.25) is 0 Å². The van der Waals surface area contributed by atoms with Crippen molar-refractivity contribution in [2.75, 3.05) is 6.26 Å². The first-order chi connectivity index (χ1) is 7.48. The molecule has 0 bridgehead atoms. The van der Waals surface area contributed by atoms with Crippen molar-refractivity contribution in [3.8, 4) is 5.69 Å². The smallest absolute Gasteiger partial charge is 0.175 e. The van der Waals surface area contributed by atoms with Crippen LogP contribution in [0, 0.1) is 6.92 Å². The normalized spacial score (nSPS) is 11.6. The molecule has 0 spiro atoms. The molecule has 0 fully saturated rings. The molecule has 4 nitrogen and oxygen atoms in total. The van der Waals surface area contributed by atoms with Gasteiger partial charge < -0.3 is 4.57 Å². The molecule has 1 heterocycles. The molecule has 0 aliphatic carbocycles. The van der Waals surface area contributed by atoms with Crippen LogP contribution >= 0.6 is 0 Å². The monoisotopic (exact) mass is 236 g/mol. The molecule has 0 unspecified atom stereocenters. The molecule has 0 amide bonds. The summed E-state index contributed by atoms with van der Waals surface area (Å²) in [4.78, 5) is 4.44. The maximum atomic E-state index is 11.3. The van der Waals surface area contributed by atoms with E-state index < -0.39 is 9.84 Å². The molecular formula is C11H12N2O2S. The van der Waals surface area contributed by atoms with Crippen molar-refractivity contribution in [3.05, 3.63) is 42.5 Å². The molecule has 0 N–H and O–H groups in total. The Labute approximate surface area is 94.5 Å². The lowest BCUT2D eigenvalue weighted by Crippen LogP contribution is -1.99. The van der Waals surface area contributed by atoms with Crippen LogP contribution in [0.4, 0.5) is 0 Å². The zero-order valence-electron chi connectivity index (χ0n) is 9.08. The maximum absolute atomic E-state index is 11.3. The molecule has 0 aliphatic rings. The van der Waals surface area contributed by atoms with Gasteiger partial charge in [0.1, 0.15) is 5.82 Å². The van der Waals surface area contributed by atoms with Gasteiger partial charge in [-0.15, -0.1) is 0 Å². The average molecular weight is 236 g/mol. The van der Waals surface area contributed by atoms with E-state index >= 15 is 0 Å². The predicted molar refractivity (Wildman–Crippen MR) is 61.4 cm³/mol. The van der Waals surface area contributed by atoms with E-state index in [1.54, 1.807) is 30.5 Å². The van der Waals surface area contributed by atoms with E-state index in [4.69, 9.17) is 0 Å². The Kier molecular flexibility index (Phi) is 2.55. The molecular weight excluding hydrogens is 224 g/mol. The van der Waals surface area contributed by atoms with Gasteiger partial charge in [0.25, 0.3) is 0 Å². The number of hydrogen-bond acceptors (Lipinski definition) is 3. The van der Waals surface area contributed by atoms with E-state index in [-0.39, 0.29) is 0 Å². The summed E-state index contributed by atoms with van der Waals surface area (Å²) >= 11 is 0. The minimum Gasteiger partial charge on any atom is -0.304 e. The molecule has 0 saturated carbocycles. The van der Waals surface area contributed by atoms with E-state index in [1.807, 2.05) is 17.7 Å². The SMILES string of the molecule is Cc1nccn1-c1ccc(S(C)(=O)=O)cc1. The average Bonchev–Trinajstić information content (AvgIpc) is 2.63. The predicted octanol–water partition coefficient (Wildman–Crippen LogP) is 1.58. The Bertz CT molecular complexity index is 597. The van der Waals surface area contributed by atoms with Crippen LogP contribution in [-0.4, -0.2) is 24.2 Å². The van der Waals surface area contributed by atoms with Crippen molar-refractivity contribution in [2.24, 2.45) is 0 Å². The van der Waals surface area contributed by atoms with Crippen molar-refractivity contribution < 1.29 is 8.42 Å². The highest BCUT2D eigenvalue weighted by molar-refractivity contribution is 7.90.